The van der Waals surface area contributed by atoms with Gasteiger partial charge in [0.05, 0.1) is 18.2 Å². The van der Waals surface area contributed by atoms with E-state index in [-0.39, 0.29) is 29.3 Å². The van der Waals surface area contributed by atoms with Gasteiger partial charge in [0.2, 0.25) is 10.0 Å². The number of ether oxygens (including phenoxy) is 1. The standard InChI is InChI=1S/C19H26F2N4O3S/c1-14-23-22-13-25(14)16-6-4-5-15(11-16)24-29(26,27)17-7-8-19(18(21)12-17)28-10-3-2-9-20/h7-8,12-13,15-16,24H,2-6,9-11H2,1H3/t15-,16+/m0/s1. The van der Waals surface area contributed by atoms with Gasteiger partial charge in [-0.05, 0) is 63.6 Å². The van der Waals surface area contributed by atoms with Gasteiger partial charge in [0.25, 0.3) is 0 Å². The minimum Gasteiger partial charge on any atom is -0.491 e. The largest absolute Gasteiger partial charge is 0.491 e. The molecule has 1 fully saturated rings. The molecule has 1 aromatic carbocycles. The Hall–Kier alpha value is -2.07. The number of hydrogen-bond acceptors (Lipinski definition) is 5. The third-order valence-electron chi connectivity index (χ3n) is 5.11. The second kappa shape index (κ2) is 9.62. The molecule has 1 heterocycles. The first kappa shape index (κ1) is 21.6. The van der Waals surface area contributed by atoms with Crippen LogP contribution in [-0.4, -0.2) is 42.5 Å². The van der Waals surface area contributed by atoms with Crippen LogP contribution in [0.3, 0.4) is 0 Å². The van der Waals surface area contributed by atoms with E-state index in [0.29, 0.717) is 19.3 Å². The molecule has 7 nitrogen and oxygen atoms in total. The van der Waals surface area contributed by atoms with Crippen LogP contribution < -0.4 is 9.46 Å². The highest BCUT2D eigenvalue weighted by molar-refractivity contribution is 7.89. The van der Waals surface area contributed by atoms with Crippen LogP contribution in [0.15, 0.2) is 29.4 Å². The number of aromatic nitrogens is 3. The summed E-state index contributed by atoms with van der Waals surface area (Å²) in [7, 11) is -3.87. The molecule has 1 aliphatic carbocycles. The Morgan fingerprint density at radius 2 is 2.14 bits per heavy atom. The summed E-state index contributed by atoms with van der Waals surface area (Å²) in [6.45, 7) is 1.59. The number of halogens is 2. The predicted octanol–water partition coefficient (Wildman–Crippen LogP) is 3.32. The zero-order chi connectivity index (χ0) is 20.9. The number of alkyl halides is 1. The highest BCUT2D eigenvalue weighted by atomic mass is 32.2. The van der Waals surface area contributed by atoms with E-state index in [4.69, 9.17) is 4.74 Å². The van der Waals surface area contributed by atoms with Crippen molar-refractivity contribution in [3.8, 4) is 5.75 Å². The van der Waals surface area contributed by atoms with Crippen molar-refractivity contribution < 1.29 is 21.9 Å². The number of rotatable bonds is 9. The van der Waals surface area contributed by atoms with E-state index < -0.39 is 22.5 Å². The Morgan fingerprint density at radius 1 is 1.31 bits per heavy atom. The molecule has 0 saturated heterocycles. The molecule has 1 aliphatic rings. The molecule has 0 aliphatic heterocycles. The summed E-state index contributed by atoms with van der Waals surface area (Å²) in [4.78, 5) is -0.145. The topological polar surface area (TPSA) is 86.1 Å². The molecule has 0 unspecified atom stereocenters. The summed E-state index contributed by atoms with van der Waals surface area (Å²) in [5, 5.41) is 7.89. The molecule has 1 N–H and O–H groups in total. The fourth-order valence-corrected chi connectivity index (χ4v) is 4.91. The molecular weight excluding hydrogens is 402 g/mol. The van der Waals surface area contributed by atoms with Crippen LogP contribution in [0.4, 0.5) is 8.78 Å². The Kier molecular flexibility index (Phi) is 7.18. The van der Waals surface area contributed by atoms with Gasteiger partial charge in [0.15, 0.2) is 11.6 Å². The average Bonchev–Trinajstić information content (AvgIpc) is 3.12. The van der Waals surface area contributed by atoms with Crippen LogP contribution in [0.1, 0.15) is 50.4 Å². The molecule has 29 heavy (non-hydrogen) atoms. The molecule has 0 spiro atoms. The third kappa shape index (κ3) is 5.51. The Morgan fingerprint density at radius 3 is 2.83 bits per heavy atom. The number of benzene rings is 1. The lowest BCUT2D eigenvalue weighted by Gasteiger charge is -2.30. The van der Waals surface area contributed by atoms with Crippen LogP contribution in [0, 0.1) is 12.7 Å². The monoisotopic (exact) mass is 428 g/mol. The molecule has 3 rings (SSSR count). The Bertz CT molecular complexity index is 920. The Labute approximate surface area is 169 Å². The highest BCUT2D eigenvalue weighted by Gasteiger charge is 2.28. The van der Waals surface area contributed by atoms with Crippen molar-refractivity contribution >= 4 is 10.0 Å². The maximum Gasteiger partial charge on any atom is 0.240 e. The fourth-order valence-electron chi connectivity index (χ4n) is 3.61. The zero-order valence-electron chi connectivity index (χ0n) is 16.4. The first-order chi connectivity index (χ1) is 13.9. The smallest absolute Gasteiger partial charge is 0.240 e. The number of sulfonamides is 1. The van der Waals surface area contributed by atoms with E-state index in [1.807, 2.05) is 11.5 Å². The summed E-state index contributed by atoms with van der Waals surface area (Å²) in [5.41, 5.74) is 0. The van der Waals surface area contributed by atoms with Crippen LogP contribution in [0.5, 0.6) is 5.75 Å². The predicted molar refractivity (Wildman–Crippen MR) is 103 cm³/mol. The van der Waals surface area contributed by atoms with Gasteiger partial charge in [-0.15, -0.1) is 10.2 Å². The molecule has 1 aromatic heterocycles. The van der Waals surface area contributed by atoms with Crippen molar-refractivity contribution in [1.82, 2.24) is 19.5 Å². The van der Waals surface area contributed by atoms with Crippen molar-refractivity contribution in [2.75, 3.05) is 13.3 Å². The van der Waals surface area contributed by atoms with Crippen LogP contribution >= 0.6 is 0 Å². The number of unbranched alkanes of at least 4 members (excludes halogenated alkanes) is 1. The quantitative estimate of drug-likeness (QED) is 0.619. The maximum absolute atomic E-state index is 14.3. The van der Waals surface area contributed by atoms with E-state index in [0.717, 1.165) is 31.2 Å². The molecule has 1 saturated carbocycles. The van der Waals surface area contributed by atoms with Gasteiger partial charge in [-0.25, -0.2) is 17.5 Å². The lowest BCUT2D eigenvalue weighted by Crippen LogP contribution is -2.39. The van der Waals surface area contributed by atoms with E-state index in [9.17, 15) is 17.2 Å². The van der Waals surface area contributed by atoms with Crippen LogP contribution in [0.25, 0.3) is 0 Å². The van der Waals surface area contributed by atoms with Gasteiger partial charge in [0.1, 0.15) is 12.2 Å². The van der Waals surface area contributed by atoms with Crippen LogP contribution in [-0.2, 0) is 10.0 Å². The molecule has 10 heteroatoms. The molecular formula is C19H26F2N4O3S. The highest BCUT2D eigenvalue weighted by Crippen LogP contribution is 2.30. The average molecular weight is 429 g/mol. The summed E-state index contributed by atoms with van der Waals surface area (Å²) in [6, 6.07) is 3.45. The Balaban J connectivity index is 1.64. The van der Waals surface area contributed by atoms with E-state index in [1.54, 1.807) is 6.33 Å². The van der Waals surface area contributed by atoms with Crippen molar-refractivity contribution in [2.45, 2.75) is 62.4 Å². The second-order valence-corrected chi connectivity index (χ2v) is 8.97. The third-order valence-corrected chi connectivity index (χ3v) is 6.63. The minimum atomic E-state index is -3.87. The van der Waals surface area contributed by atoms with Crippen molar-refractivity contribution in [3.05, 3.63) is 36.2 Å². The number of nitrogens with zero attached hydrogens (tertiary/aromatic N) is 3. The molecule has 160 valence electrons. The first-order valence-electron chi connectivity index (χ1n) is 9.77. The van der Waals surface area contributed by atoms with Crippen molar-refractivity contribution in [2.24, 2.45) is 0 Å². The summed E-state index contributed by atoms with van der Waals surface area (Å²) < 4.78 is 61.7. The molecule has 0 amide bonds. The van der Waals surface area contributed by atoms with Gasteiger partial charge >= 0.3 is 0 Å². The fraction of sp³-hybridized carbons (Fsp3) is 0.579. The van der Waals surface area contributed by atoms with E-state index in [1.165, 1.54) is 12.1 Å². The van der Waals surface area contributed by atoms with Gasteiger partial charge < -0.3 is 9.30 Å². The summed E-state index contributed by atoms with van der Waals surface area (Å²) >= 11 is 0. The normalized spacial score (nSPS) is 20.0. The lowest BCUT2D eigenvalue weighted by molar-refractivity contribution is 0.284. The second-order valence-electron chi connectivity index (χ2n) is 7.26. The van der Waals surface area contributed by atoms with Crippen molar-refractivity contribution in [3.63, 3.8) is 0 Å². The minimum absolute atomic E-state index is 0.0383. The molecule has 2 atom stereocenters. The van der Waals surface area contributed by atoms with E-state index >= 15 is 0 Å². The number of nitrogens with one attached hydrogen (secondary N) is 1. The molecule has 2 aromatic rings. The SMILES string of the molecule is Cc1nncn1[C@@H]1CCC[C@H](NS(=O)(=O)c2ccc(OCCCCF)c(F)c2)C1. The number of aryl methyl sites for hydroxylation is 1. The zero-order valence-corrected chi connectivity index (χ0v) is 17.2. The van der Waals surface area contributed by atoms with Gasteiger partial charge in [-0.3, -0.25) is 4.39 Å². The van der Waals surface area contributed by atoms with Crippen LogP contribution in [0.2, 0.25) is 0 Å². The van der Waals surface area contributed by atoms with Gasteiger partial charge in [-0.2, -0.15) is 0 Å². The number of hydrogen-bond donors (Lipinski definition) is 1. The van der Waals surface area contributed by atoms with Crippen molar-refractivity contribution in [1.29, 1.82) is 0 Å². The first-order valence-corrected chi connectivity index (χ1v) is 11.3. The summed E-state index contributed by atoms with van der Waals surface area (Å²) in [5.74, 6) is 0.000983. The molecule has 0 radical (unpaired) electrons. The van der Waals surface area contributed by atoms with E-state index in [2.05, 4.69) is 14.9 Å². The van der Waals surface area contributed by atoms with Gasteiger partial charge in [0, 0.05) is 12.1 Å². The summed E-state index contributed by atoms with van der Waals surface area (Å²) in [6.07, 6.45) is 5.61. The molecule has 0 bridgehead atoms. The lowest BCUT2D eigenvalue weighted by atomic mass is 9.91. The van der Waals surface area contributed by atoms with Gasteiger partial charge in [-0.1, -0.05) is 0 Å². The maximum atomic E-state index is 14.3.